The van der Waals surface area contributed by atoms with Gasteiger partial charge in [0.1, 0.15) is 12.2 Å². The smallest absolute Gasteiger partial charge is 0.141 e. The second kappa shape index (κ2) is 6.98. The monoisotopic (exact) mass is 356 g/mol. The number of fused-ring (bicyclic) bond motifs is 1. The summed E-state index contributed by atoms with van der Waals surface area (Å²) in [6.07, 6.45) is 3.45. The lowest BCUT2D eigenvalue weighted by Crippen LogP contribution is -2.31. The Hall–Kier alpha value is -2.18. The van der Waals surface area contributed by atoms with Crippen LogP contribution in [0.15, 0.2) is 30.6 Å². The average Bonchev–Trinajstić information content (AvgIpc) is 3.24. The van der Waals surface area contributed by atoms with Gasteiger partial charge in [0.25, 0.3) is 0 Å². The van der Waals surface area contributed by atoms with Crippen LogP contribution in [0.4, 0.5) is 0 Å². The molecular formula is C18H21ClN6. The van der Waals surface area contributed by atoms with Gasteiger partial charge in [0, 0.05) is 48.8 Å². The highest BCUT2D eigenvalue weighted by Gasteiger charge is 2.23. The Labute approximate surface area is 151 Å². The van der Waals surface area contributed by atoms with Crippen molar-refractivity contribution in [2.45, 2.75) is 39.4 Å². The van der Waals surface area contributed by atoms with E-state index in [0.717, 1.165) is 55.6 Å². The molecule has 0 atom stereocenters. The van der Waals surface area contributed by atoms with Crippen molar-refractivity contribution in [1.29, 1.82) is 0 Å². The molecule has 0 unspecified atom stereocenters. The molecule has 130 valence electrons. The quantitative estimate of drug-likeness (QED) is 0.763. The van der Waals surface area contributed by atoms with Crippen molar-refractivity contribution in [3.05, 3.63) is 64.0 Å². The van der Waals surface area contributed by atoms with Gasteiger partial charge >= 0.3 is 0 Å². The number of halogens is 1. The number of aromatic amines is 1. The summed E-state index contributed by atoms with van der Waals surface area (Å²) in [6.45, 7) is 5.66. The highest BCUT2D eigenvalue weighted by Crippen LogP contribution is 2.24. The van der Waals surface area contributed by atoms with E-state index in [1.165, 1.54) is 16.8 Å². The van der Waals surface area contributed by atoms with E-state index < -0.39 is 0 Å². The molecule has 0 amide bonds. The van der Waals surface area contributed by atoms with E-state index in [1.807, 2.05) is 16.8 Å². The average molecular weight is 357 g/mol. The Morgan fingerprint density at radius 1 is 1.24 bits per heavy atom. The third-order valence-electron chi connectivity index (χ3n) is 4.74. The van der Waals surface area contributed by atoms with Crippen molar-refractivity contribution in [1.82, 2.24) is 29.9 Å². The third kappa shape index (κ3) is 3.45. The second-order valence-corrected chi connectivity index (χ2v) is 6.82. The van der Waals surface area contributed by atoms with Gasteiger partial charge in [0.2, 0.25) is 0 Å². The number of hydrogen-bond acceptors (Lipinski definition) is 4. The maximum Gasteiger partial charge on any atom is 0.141 e. The van der Waals surface area contributed by atoms with Gasteiger partial charge in [-0.25, -0.2) is 9.67 Å². The summed E-state index contributed by atoms with van der Waals surface area (Å²) in [4.78, 5) is 6.81. The van der Waals surface area contributed by atoms with E-state index in [1.54, 1.807) is 6.33 Å². The first-order chi connectivity index (χ1) is 12.2. The van der Waals surface area contributed by atoms with Crippen LogP contribution in [0.25, 0.3) is 0 Å². The SMILES string of the molecule is CCn1ncnc1CN1CCc2[nH]nc(Cc3ccc(Cl)cc3)c2C1. The van der Waals surface area contributed by atoms with E-state index in [0.29, 0.717) is 0 Å². The summed E-state index contributed by atoms with van der Waals surface area (Å²) in [5.74, 6) is 1.02. The molecule has 0 spiro atoms. The number of aromatic nitrogens is 5. The zero-order chi connectivity index (χ0) is 17.2. The molecule has 1 aromatic carbocycles. The number of rotatable bonds is 5. The lowest BCUT2D eigenvalue weighted by Gasteiger charge is -2.26. The molecule has 25 heavy (non-hydrogen) atoms. The van der Waals surface area contributed by atoms with E-state index in [2.05, 4.69) is 44.2 Å². The molecule has 6 nitrogen and oxygen atoms in total. The number of nitrogens with one attached hydrogen (secondary N) is 1. The van der Waals surface area contributed by atoms with Crippen LogP contribution in [0.2, 0.25) is 5.02 Å². The van der Waals surface area contributed by atoms with Crippen molar-refractivity contribution in [3.63, 3.8) is 0 Å². The summed E-state index contributed by atoms with van der Waals surface area (Å²) < 4.78 is 1.96. The van der Waals surface area contributed by atoms with E-state index in [-0.39, 0.29) is 0 Å². The van der Waals surface area contributed by atoms with Crippen molar-refractivity contribution in [2.75, 3.05) is 6.54 Å². The fourth-order valence-corrected chi connectivity index (χ4v) is 3.49. The minimum absolute atomic E-state index is 0.763. The van der Waals surface area contributed by atoms with Crippen LogP contribution >= 0.6 is 11.6 Å². The topological polar surface area (TPSA) is 62.6 Å². The lowest BCUT2D eigenvalue weighted by molar-refractivity contribution is 0.233. The lowest BCUT2D eigenvalue weighted by atomic mass is 10.0. The summed E-state index contributed by atoms with van der Waals surface area (Å²) in [6, 6.07) is 7.99. The molecule has 0 radical (unpaired) electrons. The third-order valence-corrected chi connectivity index (χ3v) is 5.00. The minimum Gasteiger partial charge on any atom is -0.291 e. The summed E-state index contributed by atoms with van der Waals surface area (Å²) in [7, 11) is 0. The van der Waals surface area contributed by atoms with Crippen LogP contribution < -0.4 is 0 Å². The molecule has 0 fully saturated rings. The Kier molecular flexibility index (Phi) is 4.55. The molecule has 0 aliphatic carbocycles. The number of aryl methyl sites for hydroxylation is 1. The van der Waals surface area contributed by atoms with Crippen molar-refractivity contribution < 1.29 is 0 Å². The molecule has 4 rings (SSSR count). The zero-order valence-corrected chi connectivity index (χ0v) is 15.0. The number of benzene rings is 1. The standard InChI is InChI=1S/C18H21ClN6/c1-2-25-18(20-12-21-25)11-24-8-7-16-15(10-24)17(23-22-16)9-13-3-5-14(19)6-4-13/h3-6,12H,2,7-11H2,1H3,(H,22,23). The van der Waals surface area contributed by atoms with Crippen molar-refractivity contribution >= 4 is 11.6 Å². The molecule has 2 aromatic heterocycles. The van der Waals surface area contributed by atoms with Crippen LogP contribution in [0.1, 0.15) is 35.3 Å². The first-order valence-electron chi connectivity index (χ1n) is 8.61. The Morgan fingerprint density at radius 2 is 2.08 bits per heavy atom. The fraction of sp³-hybridized carbons (Fsp3) is 0.389. The molecule has 3 heterocycles. The Bertz CT molecular complexity index is 851. The van der Waals surface area contributed by atoms with Gasteiger partial charge in [0.05, 0.1) is 12.2 Å². The molecular weight excluding hydrogens is 336 g/mol. The van der Waals surface area contributed by atoms with Gasteiger partial charge in [-0.3, -0.25) is 10.00 Å². The van der Waals surface area contributed by atoms with E-state index in [9.17, 15) is 0 Å². The van der Waals surface area contributed by atoms with Crippen LogP contribution in [0.3, 0.4) is 0 Å². The second-order valence-electron chi connectivity index (χ2n) is 6.38. The maximum atomic E-state index is 5.98. The van der Waals surface area contributed by atoms with E-state index in [4.69, 9.17) is 11.6 Å². The summed E-state index contributed by atoms with van der Waals surface area (Å²) >= 11 is 5.98. The molecule has 1 aliphatic rings. The Balaban J connectivity index is 1.50. The summed E-state index contributed by atoms with van der Waals surface area (Å²) in [5, 5.41) is 12.8. The predicted molar refractivity (Wildman–Crippen MR) is 96.4 cm³/mol. The molecule has 0 bridgehead atoms. The van der Waals surface area contributed by atoms with Crippen LogP contribution in [0, 0.1) is 0 Å². The van der Waals surface area contributed by atoms with Gasteiger partial charge in [-0.15, -0.1) is 0 Å². The fourth-order valence-electron chi connectivity index (χ4n) is 3.36. The summed E-state index contributed by atoms with van der Waals surface area (Å²) in [5.41, 5.74) is 4.93. The van der Waals surface area contributed by atoms with Crippen LogP contribution in [0.5, 0.6) is 0 Å². The number of H-pyrrole nitrogens is 1. The molecule has 1 aliphatic heterocycles. The molecule has 1 N–H and O–H groups in total. The van der Waals surface area contributed by atoms with Gasteiger partial charge in [-0.05, 0) is 24.6 Å². The zero-order valence-electron chi connectivity index (χ0n) is 14.2. The van der Waals surface area contributed by atoms with Crippen molar-refractivity contribution in [2.24, 2.45) is 0 Å². The molecule has 0 saturated heterocycles. The van der Waals surface area contributed by atoms with Crippen LogP contribution in [-0.2, 0) is 32.5 Å². The Morgan fingerprint density at radius 3 is 2.88 bits per heavy atom. The molecule has 0 saturated carbocycles. The molecule has 7 heteroatoms. The minimum atomic E-state index is 0.763. The van der Waals surface area contributed by atoms with E-state index >= 15 is 0 Å². The first kappa shape index (κ1) is 16.3. The number of nitrogens with zero attached hydrogens (tertiary/aromatic N) is 5. The predicted octanol–water partition coefficient (Wildman–Crippen LogP) is 2.82. The number of hydrogen-bond donors (Lipinski definition) is 1. The van der Waals surface area contributed by atoms with Crippen LogP contribution in [-0.4, -0.2) is 36.4 Å². The van der Waals surface area contributed by atoms with Gasteiger partial charge in [-0.2, -0.15) is 10.2 Å². The molecule has 3 aromatic rings. The van der Waals surface area contributed by atoms with Gasteiger partial charge < -0.3 is 0 Å². The van der Waals surface area contributed by atoms with Crippen molar-refractivity contribution in [3.8, 4) is 0 Å². The highest BCUT2D eigenvalue weighted by atomic mass is 35.5. The van der Waals surface area contributed by atoms with Gasteiger partial charge in [-0.1, -0.05) is 23.7 Å². The largest absolute Gasteiger partial charge is 0.291 e. The highest BCUT2D eigenvalue weighted by molar-refractivity contribution is 6.30. The first-order valence-corrected chi connectivity index (χ1v) is 8.99. The maximum absolute atomic E-state index is 5.98. The normalized spacial score (nSPS) is 14.6. The van der Waals surface area contributed by atoms with Gasteiger partial charge in [0.15, 0.2) is 0 Å².